The molecular formula is C15H20ClFO. The molecule has 1 aliphatic rings. The summed E-state index contributed by atoms with van der Waals surface area (Å²) in [6.07, 6.45) is 2.26. The first-order valence-corrected chi connectivity index (χ1v) is 6.76. The largest absolute Gasteiger partial charge is 0.389 e. The second-order valence-corrected chi connectivity index (χ2v) is 6.87. The Kier molecular flexibility index (Phi) is 3.46. The second kappa shape index (κ2) is 4.50. The third kappa shape index (κ3) is 2.70. The van der Waals surface area contributed by atoms with Crippen molar-refractivity contribution in [2.75, 3.05) is 0 Å². The molecule has 0 spiro atoms. The van der Waals surface area contributed by atoms with E-state index in [1.165, 1.54) is 12.1 Å². The molecule has 1 aliphatic carbocycles. The van der Waals surface area contributed by atoms with Crippen molar-refractivity contribution >= 4 is 11.6 Å². The van der Waals surface area contributed by atoms with Gasteiger partial charge in [0.05, 0.1) is 5.60 Å². The maximum absolute atomic E-state index is 13.0. The molecule has 1 nitrogen and oxygen atoms in total. The molecule has 2 rings (SSSR count). The van der Waals surface area contributed by atoms with E-state index in [-0.39, 0.29) is 17.2 Å². The van der Waals surface area contributed by atoms with Gasteiger partial charge in [0.15, 0.2) is 0 Å². The van der Waals surface area contributed by atoms with Gasteiger partial charge in [-0.2, -0.15) is 0 Å². The van der Waals surface area contributed by atoms with Crippen molar-refractivity contribution < 1.29 is 9.50 Å². The lowest BCUT2D eigenvalue weighted by atomic mass is 9.84. The average Bonchev–Trinajstić information content (AvgIpc) is 2.40. The van der Waals surface area contributed by atoms with Gasteiger partial charge in [-0.15, -0.1) is 0 Å². The van der Waals surface area contributed by atoms with E-state index in [0.717, 1.165) is 18.4 Å². The molecule has 3 heteroatoms. The van der Waals surface area contributed by atoms with E-state index < -0.39 is 5.60 Å². The van der Waals surface area contributed by atoms with Gasteiger partial charge in [0.25, 0.3) is 0 Å². The van der Waals surface area contributed by atoms with Crippen molar-refractivity contribution in [3.05, 3.63) is 34.6 Å². The molecule has 1 N–H and O–H groups in total. The predicted octanol–water partition coefficient (Wildman–Crippen LogP) is 4.21. The van der Waals surface area contributed by atoms with Crippen LogP contribution in [-0.4, -0.2) is 10.7 Å². The summed E-state index contributed by atoms with van der Waals surface area (Å²) in [4.78, 5) is 0. The highest BCUT2D eigenvalue weighted by atomic mass is 35.5. The standard InChI is InChI=1S/C15H20ClFO/c1-10-7-14(2,3)9-15(10,18)8-11-4-5-12(17)6-13(11)16/h4-6,10,18H,7-9H2,1-3H3. The van der Waals surface area contributed by atoms with E-state index in [0.29, 0.717) is 11.4 Å². The van der Waals surface area contributed by atoms with Crippen LogP contribution < -0.4 is 0 Å². The molecule has 1 saturated carbocycles. The topological polar surface area (TPSA) is 20.2 Å². The van der Waals surface area contributed by atoms with E-state index in [1.54, 1.807) is 6.07 Å². The Labute approximate surface area is 113 Å². The number of hydrogen-bond acceptors (Lipinski definition) is 1. The van der Waals surface area contributed by atoms with Gasteiger partial charge in [-0.1, -0.05) is 38.4 Å². The van der Waals surface area contributed by atoms with E-state index in [4.69, 9.17) is 11.6 Å². The highest BCUT2D eigenvalue weighted by Gasteiger charge is 2.47. The summed E-state index contributed by atoms with van der Waals surface area (Å²) in [6, 6.07) is 4.38. The monoisotopic (exact) mass is 270 g/mol. The summed E-state index contributed by atoms with van der Waals surface area (Å²) in [5, 5.41) is 11.2. The van der Waals surface area contributed by atoms with Crippen LogP contribution in [0.3, 0.4) is 0 Å². The van der Waals surface area contributed by atoms with Crippen molar-refractivity contribution in [2.45, 2.75) is 45.6 Å². The normalized spacial score (nSPS) is 30.7. The van der Waals surface area contributed by atoms with Crippen LogP contribution in [0, 0.1) is 17.2 Å². The maximum atomic E-state index is 13.0. The molecule has 1 aromatic carbocycles. The first kappa shape index (κ1) is 13.8. The minimum atomic E-state index is -0.731. The van der Waals surface area contributed by atoms with E-state index in [1.807, 2.05) is 0 Å². The summed E-state index contributed by atoms with van der Waals surface area (Å²) in [5.74, 6) is -0.107. The van der Waals surface area contributed by atoms with Crippen LogP contribution in [0.25, 0.3) is 0 Å². The Balaban J connectivity index is 2.23. The third-order valence-electron chi connectivity index (χ3n) is 4.07. The highest BCUT2D eigenvalue weighted by Crippen LogP contribution is 2.49. The molecule has 0 bridgehead atoms. The predicted molar refractivity (Wildman–Crippen MR) is 72.2 cm³/mol. The first-order valence-electron chi connectivity index (χ1n) is 6.38. The maximum Gasteiger partial charge on any atom is 0.124 e. The molecule has 0 amide bonds. The molecule has 0 aromatic heterocycles. The summed E-state index contributed by atoms with van der Waals surface area (Å²) >= 11 is 6.04. The molecule has 0 saturated heterocycles. The number of hydrogen-bond donors (Lipinski definition) is 1. The van der Waals surface area contributed by atoms with Crippen LogP contribution in [0.5, 0.6) is 0 Å². The molecule has 2 atom stereocenters. The number of benzene rings is 1. The molecule has 100 valence electrons. The fourth-order valence-corrected chi connectivity index (χ4v) is 3.56. The van der Waals surface area contributed by atoms with Gasteiger partial charge in [0, 0.05) is 11.4 Å². The van der Waals surface area contributed by atoms with Crippen LogP contribution in [0.4, 0.5) is 4.39 Å². The number of rotatable bonds is 2. The molecule has 0 aliphatic heterocycles. The van der Waals surface area contributed by atoms with E-state index in [2.05, 4.69) is 20.8 Å². The lowest BCUT2D eigenvalue weighted by molar-refractivity contribution is 0.00445. The van der Waals surface area contributed by atoms with Crippen molar-refractivity contribution in [3.8, 4) is 0 Å². The first-order chi connectivity index (χ1) is 8.22. The Morgan fingerprint density at radius 3 is 2.61 bits per heavy atom. The van der Waals surface area contributed by atoms with Gasteiger partial charge >= 0.3 is 0 Å². The van der Waals surface area contributed by atoms with Crippen LogP contribution in [0.2, 0.25) is 5.02 Å². The highest BCUT2D eigenvalue weighted by molar-refractivity contribution is 6.31. The van der Waals surface area contributed by atoms with Crippen molar-refractivity contribution in [3.63, 3.8) is 0 Å². The zero-order valence-corrected chi connectivity index (χ0v) is 11.9. The minimum Gasteiger partial charge on any atom is -0.389 e. The van der Waals surface area contributed by atoms with Crippen LogP contribution >= 0.6 is 11.6 Å². The summed E-state index contributed by atoms with van der Waals surface area (Å²) in [5.41, 5.74) is 0.246. The van der Waals surface area contributed by atoms with E-state index >= 15 is 0 Å². The summed E-state index contributed by atoms with van der Waals surface area (Å²) in [7, 11) is 0. The average molecular weight is 271 g/mol. The van der Waals surface area contributed by atoms with E-state index in [9.17, 15) is 9.50 Å². The zero-order chi connectivity index (χ0) is 13.6. The fourth-order valence-electron chi connectivity index (χ4n) is 3.33. The second-order valence-electron chi connectivity index (χ2n) is 6.46. The molecule has 2 unspecified atom stereocenters. The Morgan fingerprint density at radius 2 is 2.11 bits per heavy atom. The van der Waals surface area contributed by atoms with Crippen molar-refractivity contribution in [1.29, 1.82) is 0 Å². The van der Waals surface area contributed by atoms with Gasteiger partial charge in [0.1, 0.15) is 5.82 Å². The Bertz CT molecular complexity index is 458. The third-order valence-corrected chi connectivity index (χ3v) is 4.42. The Hall–Kier alpha value is -0.600. The zero-order valence-electron chi connectivity index (χ0n) is 11.1. The molecular weight excluding hydrogens is 251 g/mol. The van der Waals surface area contributed by atoms with Crippen LogP contribution in [-0.2, 0) is 6.42 Å². The number of aliphatic hydroxyl groups is 1. The smallest absolute Gasteiger partial charge is 0.124 e. The van der Waals surface area contributed by atoms with Gasteiger partial charge in [-0.3, -0.25) is 0 Å². The SMILES string of the molecule is CC1CC(C)(C)CC1(O)Cc1ccc(F)cc1Cl. The molecule has 0 radical (unpaired) electrons. The lowest BCUT2D eigenvalue weighted by Gasteiger charge is -2.29. The van der Waals surface area contributed by atoms with Crippen molar-refractivity contribution in [2.24, 2.45) is 11.3 Å². The Morgan fingerprint density at radius 1 is 1.44 bits per heavy atom. The molecule has 18 heavy (non-hydrogen) atoms. The minimum absolute atomic E-state index is 0.153. The quantitative estimate of drug-likeness (QED) is 0.854. The number of halogens is 2. The van der Waals surface area contributed by atoms with Gasteiger partial charge in [-0.05, 0) is 41.9 Å². The van der Waals surface area contributed by atoms with Crippen LogP contribution in [0.15, 0.2) is 18.2 Å². The van der Waals surface area contributed by atoms with Crippen molar-refractivity contribution in [1.82, 2.24) is 0 Å². The summed E-state index contributed by atoms with van der Waals surface area (Å²) < 4.78 is 13.0. The van der Waals surface area contributed by atoms with Gasteiger partial charge in [-0.25, -0.2) is 4.39 Å². The summed E-state index contributed by atoms with van der Waals surface area (Å²) in [6.45, 7) is 6.42. The lowest BCUT2D eigenvalue weighted by Crippen LogP contribution is -2.34. The van der Waals surface area contributed by atoms with Gasteiger partial charge in [0.2, 0.25) is 0 Å². The van der Waals surface area contributed by atoms with Crippen LogP contribution in [0.1, 0.15) is 39.2 Å². The van der Waals surface area contributed by atoms with Gasteiger partial charge < -0.3 is 5.11 Å². The molecule has 0 heterocycles. The molecule has 1 fully saturated rings. The molecule has 1 aromatic rings. The fraction of sp³-hybridized carbons (Fsp3) is 0.600.